The number of nitrogens with zero attached hydrogens (tertiary/aromatic N) is 4. The molecule has 0 radical (unpaired) electrons. The van der Waals surface area contributed by atoms with Crippen molar-refractivity contribution in [2.24, 2.45) is 0 Å². The minimum absolute atomic E-state index is 0.00188. The lowest BCUT2D eigenvalue weighted by atomic mass is 10.1. The van der Waals surface area contributed by atoms with E-state index in [0.717, 1.165) is 0 Å². The van der Waals surface area contributed by atoms with Crippen LogP contribution in [-0.4, -0.2) is 70.2 Å². The summed E-state index contributed by atoms with van der Waals surface area (Å²) in [5.41, 5.74) is 1.16. The summed E-state index contributed by atoms with van der Waals surface area (Å²) in [7, 11) is -3.16. The molecule has 0 unspecified atom stereocenters. The van der Waals surface area contributed by atoms with Crippen molar-refractivity contribution in [3.63, 3.8) is 0 Å². The molecule has 0 saturated carbocycles. The Morgan fingerprint density at radius 1 is 1.32 bits per heavy atom. The van der Waals surface area contributed by atoms with Crippen molar-refractivity contribution in [1.82, 2.24) is 19.7 Å². The Morgan fingerprint density at radius 3 is 2.68 bits per heavy atom. The maximum Gasteiger partial charge on any atom is 0.339 e. The van der Waals surface area contributed by atoms with Crippen LogP contribution in [-0.2, 0) is 19.4 Å². The van der Waals surface area contributed by atoms with E-state index in [2.05, 4.69) is 10.1 Å². The molecular formula is C23H28N4O6S. The fourth-order valence-corrected chi connectivity index (χ4v) is 5.97. The van der Waals surface area contributed by atoms with Gasteiger partial charge >= 0.3 is 5.97 Å². The SMILES string of the molecule is CCN(C(=O)[C@H](C)OC(=O)c1cc(-c2ccco2)nc2c1cnn2C(C)C)[C@@H]1CCS(=O)(=O)C1. The number of hydrogen-bond acceptors (Lipinski definition) is 8. The van der Waals surface area contributed by atoms with Crippen LogP contribution in [0.5, 0.6) is 0 Å². The number of esters is 1. The molecule has 0 aromatic carbocycles. The summed E-state index contributed by atoms with van der Waals surface area (Å²) in [6.45, 7) is 7.50. The van der Waals surface area contributed by atoms with E-state index in [1.165, 1.54) is 18.1 Å². The van der Waals surface area contributed by atoms with Gasteiger partial charge in [0.1, 0.15) is 5.69 Å². The van der Waals surface area contributed by atoms with Gasteiger partial charge in [-0.3, -0.25) is 4.79 Å². The number of carbonyl (C=O) groups excluding carboxylic acids is 2. The number of rotatable bonds is 7. The molecule has 182 valence electrons. The Hall–Kier alpha value is -3.21. The molecule has 0 bridgehead atoms. The molecule has 0 aliphatic carbocycles. The van der Waals surface area contributed by atoms with Crippen LogP contribution in [0.4, 0.5) is 0 Å². The van der Waals surface area contributed by atoms with Gasteiger partial charge in [-0.1, -0.05) is 0 Å². The Balaban J connectivity index is 1.62. The lowest BCUT2D eigenvalue weighted by Gasteiger charge is -2.29. The van der Waals surface area contributed by atoms with Crippen LogP contribution in [0, 0.1) is 0 Å². The lowest BCUT2D eigenvalue weighted by Crippen LogP contribution is -2.46. The predicted molar refractivity (Wildman–Crippen MR) is 125 cm³/mol. The van der Waals surface area contributed by atoms with Crippen LogP contribution in [0.3, 0.4) is 0 Å². The van der Waals surface area contributed by atoms with Crippen LogP contribution < -0.4 is 0 Å². The first-order valence-electron chi connectivity index (χ1n) is 11.2. The van der Waals surface area contributed by atoms with Crippen molar-refractivity contribution in [3.05, 3.63) is 36.2 Å². The number of ether oxygens (including phenoxy) is 1. The second kappa shape index (κ2) is 9.21. The summed E-state index contributed by atoms with van der Waals surface area (Å²) in [6.07, 6.45) is 2.36. The molecule has 4 rings (SSSR count). The van der Waals surface area contributed by atoms with E-state index in [1.54, 1.807) is 36.0 Å². The number of furan rings is 1. The summed E-state index contributed by atoms with van der Waals surface area (Å²) in [5, 5.41) is 4.87. The highest BCUT2D eigenvalue weighted by atomic mass is 32.2. The Labute approximate surface area is 197 Å². The first kappa shape index (κ1) is 23.9. The number of fused-ring (bicyclic) bond motifs is 1. The maximum atomic E-state index is 13.2. The van der Waals surface area contributed by atoms with E-state index in [-0.39, 0.29) is 23.1 Å². The highest BCUT2D eigenvalue weighted by molar-refractivity contribution is 7.91. The number of sulfone groups is 1. The Kier molecular flexibility index (Phi) is 6.48. The largest absolute Gasteiger partial charge is 0.463 e. The predicted octanol–water partition coefficient (Wildman–Crippen LogP) is 2.85. The van der Waals surface area contributed by atoms with Gasteiger partial charge in [0.05, 0.1) is 34.9 Å². The van der Waals surface area contributed by atoms with Crippen LogP contribution in [0.1, 0.15) is 50.5 Å². The molecule has 1 fully saturated rings. The number of aromatic nitrogens is 3. The van der Waals surface area contributed by atoms with Gasteiger partial charge in [-0.05, 0) is 52.3 Å². The van der Waals surface area contributed by atoms with Gasteiger partial charge in [0.25, 0.3) is 5.91 Å². The molecule has 1 aliphatic heterocycles. The van der Waals surface area contributed by atoms with Crippen LogP contribution in [0.25, 0.3) is 22.5 Å². The first-order chi connectivity index (χ1) is 16.1. The zero-order chi connectivity index (χ0) is 24.6. The summed E-state index contributed by atoms with van der Waals surface area (Å²) in [5.74, 6) is -0.651. The highest BCUT2D eigenvalue weighted by Gasteiger charge is 2.36. The van der Waals surface area contributed by atoms with Crippen molar-refractivity contribution in [3.8, 4) is 11.5 Å². The molecule has 1 saturated heterocycles. The minimum atomic E-state index is -3.16. The average Bonchev–Trinajstić information content (AvgIpc) is 3.52. The number of hydrogen-bond donors (Lipinski definition) is 0. The monoisotopic (exact) mass is 488 g/mol. The molecule has 1 amide bonds. The third kappa shape index (κ3) is 4.56. The van der Waals surface area contributed by atoms with E-state index >= 15 is 0 Å². The smallest absolute Gasteiger partial charge is 0.339 e. The summed E-state index contributed by atoms with van der Waals surface area (Å²) in [4.78, 5) is 32.4. The van der Waals surface area contributed by atoms with Gasteiger partial charge in [0, 0.05) is 18.6 Å². The van der Waals surface area contributed by atoms with Crippen molar-refractivity contribution in [1.29, 1.82) is 0 Å². The highest BCUT2D eigenvalue weighted by Crippen LogP contribution is 2.28. The standard InChI is InChI=1S/C23H28N4O6S/c1-5-26(16-8-10-34(30,31)13-16)22(28)15(4)33-23(29)17-11-19(20-7-6-9-32-20)25-21-18(17)12-24-27(21)14(2)3/h6-7,9,11-12,14-16H,5,8,10,13H2,1-4H3/t15-,16+/m0/s1. The van der Waals surface area contributed by atoms with Crippen LogP contribution in [0.15, 0.2) is 35.1 Å². The Bertz CT molecular complexity index is 1310. The van der Waals surface area contributed by atoms with Gasteiger partial charge in [-0.25, -0.2) is 22.9 Å². The molecular weight excluding hydrogens is 460 g/mol. The molecule has 2 atom stereocenters. The number of carbonyl (C=O) groups is 2. The molecule has 0 N–H and O–H groups in total. The molecule has 4 heterocycles. The van der Waals surface area contributed by atoms with Gasteiger partial charge < -0.3 is 14.1 Å². The quantitative estimate of drug-likeness (QED) is 0.465. The fraction of sp³-hybridized carbons (Fsp3) is 0.478. The van der Waals surface area contributed by atoms with Gasteiger partial charge in [0.2, 0.25) is 0 Å². The first-order valence-corrected chi connectivity index (χ1v) is 13.1. The van der Waals surface area contributed by atoms with E-state index < -0.39 is 33.9 Å². The second-order valence-corrected chi connectivity index (χ2v) is 10.9. The summed E-state index contributed by atoms with van der Waals surface area (Å²) < 4.78 is 36.5. The Morgan fingerprint density at radius 2 is 2.09 bits per heavy atom. The van der Waals surface area contributed by atoms with Crippen molar-refractivity contribution >= 4 is 32.7 Å². The third-order valence-electron chi connectivity index (χ3n) is 5.95. The fourth-order valence-electron chi connectivity index (χ4n) is 4.24. The number of amides is 1. The third-order valence-corrected chi connectivity index (χ3v) is 7.70. The van der Waals surface area contributed by atoms with Gasteiger partial charge in [-0.2, -0.15) is 5.10 Å². The molecule has 34 heavy (non-hydrogen) atoms. The van der Waals surface area contributed by atoms with Crippen LogP contribution >= 0.6 is 0 Å². The maximum absolute atomic E-state index is 13.2. The zero-order valence-electron chi connectivity index (χ0n) is 19.6. The topological polar surface area (TPSA) is 125 Å². The van der Waals surface area contributed by atoms with Gasteiger partial charge in [0.15, 0.2) is 27.3 Å². The van der Waals surface area contributed by atoms with Gasteiger partial charge in [-0.15, -0.1) is 0 Å². The number of likely N-dealkylation sites (N-methyl/N-ethyl adjacent to an activating group) is 1. The molecule has 11 heteroatoms. The molecule has 3 aromatic heterocycles. The lowest BCUT2D eigenvalue weighted by molar-refractivity contribution is -0.141. The summed E-state index contributed by atoms with van der Waals surface area (Å²) in [6, 6.07) is 4.62. The van der Waals surface area contributed by atoms with E-state index in [4.69, 9.17) is 9.15 Å². The molecule has 10 nitrogen and oxygen atoms in total. The van der Waals surface area contributed by atoms with E-state index in [0.29, 0.717) is 35.5 Å². The average molecular weight is 489 g/mol. The minimum Gasteiger partial charge on any atom is -0.463 e. The number of pyridine rings is 1. The van der Waals surface area contributed by atoms with Crippen molar-refractivity contribution in [2.75, 3.05) is 18.1 Å². The molecule has 1 aliphatic rings. The van der Waals surface area contributed by atoms with E-state index in [1.807, 2.05) is 13.8 Å². The zero-order valence-corrected chi connectivity index (χ0v) is 20.4. The van der Waals surface area contributed by atoms with Crippen LogP contribution in [0.2, 0.25) is 0 Å². The van der Waals surface area contributed by atoms with E-state index in [9.17, 15) is 18.0 Å². The molecule has 3 aromatic rings. The van der Waals surface area contributed by atoms with Crippen molar-refractivity contribution < 1.29 is 27.2 Å². The second-order valence-electron chi connectivity index (χ2n) is 8.68. The molecule has 0 spiro atoms. The van der Waals surface area contributed by atoms with Crippen molar-refractivity contribution in [2.45, 2.75) is 52.3 Å². The normalized spacial score (nSPS) is 18.3. The summed E-state index contributed by atoms with van der Waals surface area (Å²) >= 11 is 0.